The van der Waals surface area contributed by atoms with Crippen LogP contribution in [0.15, 0.2) is 29.2 Å². The topological polar surface area (TPSA) is 57.6 Å². The van der Waals surface area contributed by atoms with E-state index in [4.69, 9.17) is 5.11 Å². The molecule has 2 rings (SSSR count). The fraction of sp³-hybridized carbons (Fsp3) is 0.467. The number of thioether (sulfide) groups is 1. The van der Waals surface area contributed by atoms with Crippen LogP contribution in [0.1, 0.15) is 37.3 Å². The largest absolute Gasteiger partial charge is 0.481 e. The Labute approximate surface area is 123 Å². The minimum Gasteiger partial charge on any atom is -0.481 e. The second kappa shape index (κ2) is 6.79. The SMILES string of the molecule is CSc1ccccc1C1CCCN1C(=O)CCC(=O)O. The van der Waals surface area contributed by atoms with Crippen LogP contribution in [0.3, 0.4) is 0 Å². The van der Waals surface area contributed by atoms with E-state index in [1.807, 2.05) is 23.3 Å². The molecule has 1 N–H and O–H groups in total. The third kappa shape index (κ3) is 3.33. The Kier molecular flexibility index (Phi) is 5.06. The van der Waals surface area contributed by atoms with Gasteiger partial charge in [0.25, 0.3) is 0 Å². The van der Waals surface area contributed by atoms with Crippen LogP contribution in [-0.2, 0) is 9.59 Å². The molecule has 1 unspecified atom stereocenters. The number of carboxylic acid groups (broad SMARTS) is 1. The highest BCUT2D eigenvalue weighted by Crippen LogP contribution is 2.37. The van der Waals surface area contributed by atoms with Gasteiger partial charge in [-0.1, -0.05) is 18.2 Å². The lowest BCUT2D eigenvalue weighted by molar-refractivity contribution is -0.141. The minimum atomic E-state index is -0.918. The first-order chi connectivity index (χ1) is 9.63. The van der Waals surface area contributed by atoms with Gasteiger partial charge < -0.3 is 10.0 Å². The van der Waals surface area contributed by atoms with E-state index in [1.54, 1.807) is 11.8 Å². The third-order valence-corrected chi connectivity index (χ3v) is 4.44. The molecule has 1 saturated heterocycles. The van der Waals surface area contributed by atoms with Crippen molar-refractivity contribution >= 4 is 23.6 Å². The number of carbonyl (C=O) groups is 2. The minimum absolute atomic E-state index is 0.0502. The number of amides is 1. The van der Waals surface area contributed by atoms with Gasteiger partial charge in [0.1, 0.15) is 0 Å². The smallest absolute Gasteiger partial charge is 0.303 e. The maximum atomic E-state index is 12.2. The third-order valence-electron chi connectivity index (χ3n) is 3.62. The molecule has 1 heterocycles. The predicted molar refractivity (Wildman–Crippen MR) is 78.8 cm³/mol. The van der Waals surface area contributed by atoms with Crippen molar-refractivity contribution in [1.82, 2.24) is 4.90 Å². The summed E-state index contributed by atoms with van der Waals surface area (Å²) in [7, 11) is 0. The molecule has 1 fully saturated rings. The lowest BCUT2D eigenvalue weighted by atomic mass is 10.0. The molecule has 0 aromatic heterocycles. The summed E-state index contributed by atoms with van der Waals surface area (Å²) in [6, 6.07) is 8.23. The zero-order valence-electron chi connectivity index (χ0n) is 11.5. The summed E-state index contributed by atoms with van der Waals surface area (Å²) in [4.78, 5) is 25.8. The molecule has 0 saturated carbocycles. The van der Waals surface area contributed by atoms with Crippen molar-refractivity contribution in [3.05, 3.63) is 29.8 Å². The molecule has 0 aliphatic carbocycles. The maximum absolute atomic E-state index is 12.2. The number of aliphatic carboxylic acids is 1. The lowest BCUT2D eigenvalue weighted by Gasteiger charge is -2.26. The Balaban J connectivity index is 2.14. The highest BCUT2D eigenvalue weighted by Gasteiger charge is 2.30. The molecule has 0 spiro atoms. The fourth-order valence-electron chi connectivity index (χ4n) is 2.69. The summed E-state index contributed by atoms with van der Waals surface area (Å²) in [6.07, 6.45) is 3.96. The van der Waals surface area contributed by atoms with Crippen molar-refractivity contribution in [3.8, 4) is 0 Å². The van der Waals surface area contributed by atoms with Gasteiger partial charge in [-0.3, -0.25) is 9.59 Å². The van der Waals surface area contributed by atoms with Crippen LogP contribution < -0.4 is 0 Å². The van der Waals surface area contributed by atoms with Crippen molar-refractivity contribution in [2.75, 3.05) is 12.8 Å². The molecular weight excluding hydrogens is 274 g/mol. The molecule has 5 heteroatoms. The average molecular weight is 293 g/mol. The van der Waals surface area contributed by atoms with E-state index in [-0.39, 0.29) is 24.8 Å². The maximum Gasteiger partial charge on any atom is 0.303 e. The first-order valence-electron chi connectivity index (χ1n) is 6.77. The van der Waals surface area contributed by atoms with Crippen molar-refractivity contribution in [3.63, 3.8) is 0 Å². The van der Waals surface area contributed by atoms with Gasteiger partial charge in [-0.05, 0) is 30.7 Å². The van der Waals surface area contributed by atoms with E-state index in [2.05, 4.69) is 12.1 Å². The lowest BCUT2D eigenvalue weighted by Crippen LogP contribution is -2.31. The average Bonchev–Trinajstić information content (AvgIpc) is 2.93. The van der Waals surface area contributed by atoms with Crippen LogP contribution in [0.2, 0.25) is 0 Å². The molecule has 108 valence electrons. The summed E-state index contributed by atoms with van der Waals surface area (Å²) < 4.78 is 0. The van der Waals surface area contributed by atoms with Gasteiger partial charge in [0, 0.05) is 17.9 Å². The number of carbonyl (C=O) groups excluding carboxylic acids is 1. The Bertz CT molecular complexity index is 504. The number of hydrogen-bond acceptors (Lipinski definition) is 3. The molecule has 1 amide bonds. The van der Waals surface area contributed by atoms with Gasteiger partial charge in [0.2, 0.25) is 5.91 Å². The summed E-state index contributed by atoms with van der Waals surface area (Å²) in [6.45, 7) is 0.728. The molecule has 20 heavy (non-hydrogen) atoms. The summed E-state index contributed by atoms with van der Waals surface area (Å²) >= 11 is 1.68. The van der Waals surface area contributed by atoms with E-state index < -0.39 is 5.97 Å². The van der Waals surface area contributed by atoms with Gasteiger partial charge in [0.15, 0.2) is 0 Å². The number of carboxylic acids is 1. The Hall–Kier alpha value is -1.49. The number of benzene rings is 1. The highest BCUT2D eigenvalue weighted by molar-refractivity contribution is 7.98. The van der Waals surface area contributed by atoms with Crippen LogP contribution in [0.4, 0.5) is 0 Å². The van der Waals surface area contributed by atoms with Crippen molar-refractivity contribution in [2.45, 2.75) is 36.6 Å². The first-order valence-corrected chi connectivity index (χ1v) is 8.00. The molecule has 4 nitrogen and oxygen atoms in total. The zero-order chi connectivity index (χ0) is 14.5. The van der Waals surface area contributed by atoms with Gasteiger partial charge in [-0.25, -0.2) is 0 Å². The van der Waals surface area contributed by atoms with E-state index in [0.717, 1.165) is 19.4 Å². The normalized spacial score (nSPS) is 18.2. The van der Waals surface area contributed by atoms with Gasteiger partial charge in [0.05, 0.1) is 12.5 Å². The number of likely N-dealkylation sites (tertiary alicyclic amines) is 1. The van der Waals surface area contributed by atoms with E-state index in [0.29, 0.717) is 0 Å². The Morgan fingerprint density at radius 1 is 1.35 bits per heavy atom. The van der Waals surface area contributed by atoms with E-state index in [9.17, 15) is 9.59 Å². The standard InChI is InChI=1S/C15H19NO3S/c1-20-13-7-3-2-5-11(13)12-6-4-10-16(12)14(17)8-9-15(18)19/h2-3,5,7,12H,4,6,8-10H2,1H3,(H,18,19). The van der Waals surface area contributed by atoms with Crippen LogP contribution in [0.25, 0.3) is 0 Å². The molecule has 1 aromatic rings. The quantitative estimate of drug-likeness (QED) is 0.848. The number of hydrogen-bond donors (Lipinski definition) is 1. The van der Waals surface area contributed by atoms with Crippen LogP contribution in [0.5, 0.6) is 0 Å². The molecule has 1 aliphatic rings. The van der Waals surface area contributed by atoms with E-state index in [1.165, 1.54) is 10.5 Å². The molecule has 1 aromatic carbocycles. The van der Waals surface area contributed by atoms with E-state index >= 15 is 0 Å². The second-order valence-electron chi connectivity index (χ2n) is 4.88. The van der Waals surface area contributed by atoms with Gasteiger partial charge >= 0.3 is 5.97 Å². The first kappa shape index (κ1) is 14.9. The van der Waals surface area contributed by atoms with Gasteiger partial charge in [-0.2, -0.15) is 0 Å². The van der Waals surface area contributed by atoms with Crippen LogP contribution in [0, 0.1) is 0 Å². The molecule has 0 bridgehead atoms. The summed E-state index contributed by atoms with van der Waals surface area (Å²) in [5, 5.41) is 8.70. The van der Waals surface area contributed by atoms with Crippen LogP contribution >= 0.6 is 11.8 Å². The monoisotopic (exact) mass is 293 g/mol. The molecule has 1 atom stereocenters. The zero-order valence-corrected chi connectivity index (χ0v) is 12.4. The summed E-state index contributed by atoms with van der Waals surface area (Å²) in [5.74, 6) is -0.968. The molecular formula is C15H19NO3S. The highest BCUT2D eigenvalue weighted by atomic mass is 32.2. The van der Waals surface area contributed by atoms with Crippen molar-refractivity contribution < 1.29 is 14.7 Å². The Morgan fingerprint density at radius 2 is 2.10 bits per heavy atom. The molecule has 1 aliphatic heterocycles. The Morgan fingerprint density at radius 3 is 2.80 bits per heavy atom. The summed E-state index contributed by atoms with van der Waals surface area (Å²) in [5.41, 5.74) is 1.18. The van der Waals surface area contributed by atoms with Crippen molar-refractivity contribution in [2.24, 2.45) is 0 Å². The molecule has 0 radical (unpaired) electrons. The number of rotatable bonds is 5. The number of nitrogens with zero attached hydrogens (tertiary/aromatic N) is 1. The van der Waals surface area contributed by atoms with Crippen molar-refractivity contribution in [1.29, 1.82) is 0 Å². The fourth-order valence-corrected chi connectivity index (χ4v) is 3.34. The predicted octanol–water partition coefficient (Wildman–Crippen LogP) is 2.94. The van der Waals surface area contributed by atoms with Crippen LogP contribution in [-0.4, -0.2) is 34.7 Å². The second-order valence-corrected chi connectivity index (χ2v) is 5.73. The van der Waals surface area contributed by atoms with Gasteiger partial charge in [-0.15, -0.1) is 11.8 Å².